The van der Waals surface area contributed by atoms with E-state index in [2.05, 4.69) is 21.2 Å². The Hall–Kier alpha value is -0.840. The second-order valence-electron chi connectivity index (χ2n) is 2.66. The molecular weight excluding hydrogens is 285 g/mol. The number of hydrogen-bond acceptors (Lipinski definition) is 3. The van der Waals surface area contributed by atoms with Gasteiger partial charge < -0.3 is 14.7 Å². The van der Waals surface area contributed by atoms with Gasteiger partial charge in [-0.25, -0.2) is 4.57 Å². The summed E-state index contributed by atoms with van der Waals surface area (Å²) in [6.45, 7) is 0. The zero-order valence-corrected chi connectivity index (χ0v) is 10.1. The van der Waals surface area contributed by atoms with Crippen molar-refractivity contribution < 1.29 is 18.8 Å². The van der Waals surface area contributed by atoms with Crippen molar-refractivity contribution in [2.75, 3.05) is 6.29 Å². The third-order valence-electron chi connectivity index (χ3n) is 1.44. The lowest BCUT2D eigenvalue weighted by Crippen LogP contribution is -2.14. The molecule has 82 valence electrons. The largest absolute Gasteiger partial charge is 0.423 e. The van der Waals surface area contributed by atoms with E-state index in [0.29, 0.717) is 6.41 Å². The smallest absolute Gasteiger partial charge is 0.395 e. The maximum Gasteiger partial charge on any atom is 0.395 e. The molecule has 1 atom stereocenters. The lowest BCUT2D eigenvalue weighted by molar-refractivity contribution is -0.109. The van der Waals surface area contributed by atoms with Gasteiger partial charge in [0.05, 0.1) is 0 Å². The summed E-state index contributed by atoms with van der Waals surface area (Å²) >= 11 is 3.22. The summed E-state index contributed by atoms with van der Waals surface area (Å²) in [6, 6.07) is 6.46. The fourth-order valence-electron chi connectivity index (χ4n) is 0.845. The first-order valence-corrected chi connectivity index (χ1v) is 6.53. The van der Waals surface area contributed by atoms with E-state index in [4.69, 9.17) is 4.52 Å². The van der Waals surface area contributed by atoms with Gasteiger partial charge in [-0.1, -0.05) is 15.9 Å². The van der Waals surface area contributed by atoms with Crippen LogP contribution in [0.4, 0.5) is 0 Å². The van der Waals surface area contributed by atoms with Gasteiger partial charge in [-0.15, -0.1) is 0 Å². The molecule has 0 spiro atoms. The number of carbonyl (C=O) groups excluding carboxylic acids is 1. The maximum atomic E-state index is 11.3. The van der Waals surface area contributed by atoms with Crippen LogP contribution in [0.5, 0.6) is 5.75 Å². The first kappa shape index (κ1) is 12.2. The van der Waals surface area contributed by atoms with Crippen LogP contribution < -0.4 is 9.84 Å². The Bertz CT molecular complexity index is 381. The number of rotatable bonds is 5. The van der Waals surface area contributed by atoms with E-state index >= 15 is 0 Å². The summed E-state index contributed by atoms with van der Waals surface area (Å²) in [6.07, 6.45) is -0.0691. The minimum absolute atomic E-state index is 0.275. The fourth-order valence-corrected chi connectivity index (χ4v) is 1.93. The Kier molecular flexibility index (Phi) is 4.32. The van der Waals surface area contributed by atoms with Crippen LogP contribution in [0.1, 0.15) is 0 Å². The summed E-state index contributed by atoms with van der Waals surface area (Å²) in [5, 5.41) is 2.09. The molecule has 1 rings (SSSR count). The van der Waals surface area contributed by atoms with Crippen LogP contribution >= 0.6 is 23.5 Å². The third-order valence-corrected chi connectivity index (χ3v) is 3.04. The van der Waals surface area contributed by atoms with Crippen LogP contribution in [0, 0.1) is 0 Å². The SMILES string of the molecule is O=CNCP(=O)(O)Oc1ccc(Br)cc1. The van der Waals surface area contributed by atoms with Crippen LogP contribution in [-0.4, -0.2) is 17.6 Å². The lowest BCUT2D eigenvalue weighted by Gasteiger charge is -2.12. The number of hydrogen-bond donors (Lipinski definition) is 2. The number of benzene rings is 1. The van der Waals surface area contributed by atoms with Gasteiger partial charge in [0.15, 0.2) is 0 Å². The van der Waals surface area contributed by atoms with E-state index in [1.807, 2.05) is 0 Å². The van der Waals surface area contributed by atoms with Crippen molar-refractivity contribution in [1.82, 2.24) is 5.32 Å². The van der Waals surface area contributed by atoms with Gasteiger partial charge in [0, 0.05) is 4.47 Å². The molecule has 0 aliphatic carbocycles. The minimum atomic E-state index is -3.80. The summed E-state index contributed by atoms with van der Waals surface area (Å²) in [5.74, 6) is 0.275. The summed E-state index contributed by atoms with van der Waals surface area (Å²) in [5.41, 5.74) is 0. The number of nitrogens with one attached hydrogen (secondary N) is 1. The van der Waals surface area contributed by atoms with E-state index in [-0.39, 0.29) is 5.75 Å². The van der Waals surface area contributed by atoms with E-state index < -0.39 is 13.9 Å². The molecule has 15 heavy (non-hydrogen) atoms. The van der Waals surface area contributed by atoms with Crippen LogP contribution in [0.3, 0.4) is 0 Å². The van der Waals surface area contributed by atoms with Crippen molar-refractivity contribution >= 4 is 29.9 Å². The predicted molar refractivity (Wildman–Crippen MR) is 58.7 cm³/mol. The molecule has 0 radical (unpaired) electrons. The maximum absolute atomic E-state index is 11.3. The molecule has 1 aromatic rings. The van der Waals surface area contributed by atoms with Gasteiger partial charge in [-0.3, -0.25) is 4.79 Å². The van der Waals surface area contributed by atoms with Crippen molar-refractivity contribution in [1.29, 1.82) is 0 Å². The van der Waals surface area contributed by atoms with Crippen molar-refractivity contribution in [3.8, 4) is 5.75 Å². The van der Waals surface area contributed by atoms with Crippen LogP contribution in [0.2, 0.25) is 0 Å². The van der Waals surface area contributed by atoms with Gasteiger partial charge in [-0.05, 0) is 24.3 Å². The monoisotopic (exact) mass is 293 g/mol. The Morgan fingerprint density at radius 3 is 2.60 bits per heavy atom. The highest BCUT2D eigenvalue weighted by Gasteiger charge is 2.19. The molecule has 1 aromatic carbocycles. The second-order valence-corrected chi connectivity index (χ2v) is 5.35. The van der Waals surface area contributed by atoms with Crippen molar-refractivity contribution in [2.45, 2.75) is 0 Å². The van der Waals surface area contributed by atoms with Gasteiger partial charge >= 0.3 is 7.60 Å². The Labute approximate surface area is 95.1 Å². The minimum Gasteiger partial charge on any atom is -0.423 e. The molecule has 0 fully saturated rings. The highest BCUT2D eigenvalue weighted by Crippen LogP contribution is 2.41. The van der Waals surface area contributed by atoms with Crippen molar-refractivity contribution in [3.63, 3.8) is 0 Å². The molecule has 0 saturated heterocycles. The van der Waals surface area contributed by atoms with E-state index in [1.54, 1.807) is 24.3 Å². The lowest BCUT2D eigenvalue weighted by atomic mass is 10.3. The topological polar surface area (TPSA) is 75.6 Å². The Morgan fingerprint density at radius 1 is 1.47 bits per heavy atom. The normalized spacial score (nSPS) is 14.0. The average Bonchev–Trinajstić information content (AvgIpc) is 2.18. The number of carbonyl (C=O) groups is 1. The predicted octanol–water partition coefficient (Wildman–Crippen LogP) is 1.72. The van der Waals surface area contributed by atoms with Gasteiger partial charge in [0.2, 0.25) is 6.41 Å². The summed E-state index contributed by atoms with van der Waals surface area (Å²) in [7, 11) is -3.80. The Balaban J connectivity index is 2.64. The molecule has 0 aliphatic rings. The van der Waals surface area contributed by atoms with Crippen molar-refractivity contribution in [2.24, 2.45) is 0 Å². The first-order valence-electron chi connectivity index (χ1n) is 3.97. The standard InChI is InChI=1S/C8H9BrNO4P/c9-7-1-3-8(4-2-7)14-15(12,13)6-10-5-11/h1-5H,6H2,(H,10,11)(H,12,13). The summed E-state index contributed by atoms with van der Waals surface area (Å²) in [4.78, 5) is 19.2. The van der Waals surface area contributed by atoms with Crippen LogP contribution in [0.15, 0.2) is 28.7 Å². The molecule has 1 unspecified atom stereocenters. The molecule has 0 saturated carbocycles. The Morgan fingerprint density at radius 2 is 2.07 bits per heavy atom. The van der Waals surface area contributed by atoms with E-state index in [9.17, 15) is 14.3 Å². The highest BCUT2D eigenvalue weighted by atomic mass is 79.9. The molecule has 5 nitrogen and oxygen atoms in total. The van der Waals surface area contributed by atoms with E-state index in [1.165, 1.54) is 0 Å². The van der Waals surface area contributed by atoms with Crippen LogP contribution in [0.25, 0.3) is 0 Å². The van der Waals surface area contributed by atoms with E-state index in [0.717, 1.165) is 4.47 Å². The molecule has 0 heterocycles. The fraction of sp³-hybridized carbons (Fsp3) is 0.125. The molecule has 0 bridgehead atoms. The highest BCUT2D eigenvalue weighted by molar-refractivity contribution is 9.10. The third kappa shape index (κ3) is 4.46. The number of halogens is 1. The van der Waals surface area contributed by atoms with Gasteiger partial charge in [0.1, 0.15) is 12.0 Å². The molecular formula is C8H9BrNO4P. The zero-order valence-electron chi connectivity index (χ0n) is 7.59. The quantitative estimate of drug-likeness (QED) is 0.640. The first-order chi connectivity index (χ1) is 7.03. The molecule has 7 heteroatoms. The van der Waals surface area contributed by atoms with Gasteiger partial charge in [0.25, 0.3) is 0 Å². The van der Waals surface area contributed by atoms with Crippen LogP contribution in [-0.2, 0) is 9.36 Å². The van der Waals surface area contributed by atoms with Gasteiger partial charge in [-0.2, -0.15) is 0 Å². The molecule has 0 aliphatic heterocycles. The zero-order chi connectivity index (χ0) is 11.3. The molecule has 1 amide bonds. The molecule has 2 N–H and O–H groups in total. The number of amides is 1. The second kappa shape index (κ2) is 5.30. The average molecular weight is 294 g/mol. The molecule has 0 aromatic heterocycles. The summed E-state index contributed by atoms with van der Waals surface area (Å²) < 4.78 is 17.0. The van der Waals surface area contributed by atoms with Crippen molar-refractivity contribution in [3.05, 3.63) is 28.7 Å².